The molecule has 0 radical (unpaired) electrons. The number of guanidine groups is 1. The summed E-state index contributed by atoms with van der Waals surface area (Å²) >= 11 is 1.73. The van der Waals surface area contributed by atoms with Gasteiger partial charge in [0, 0.05) is 18.0 Å². The minimum Gasteiger partial charge on any atom is -0.370 e. The predicted octanol–water partition coefficient (Wildman–Crippen LogP) is 3.07. The average molecular weight is 394 g/mol. The van der Waals surface area contributed by atoms with E-state index in [1.807, 2.05) is 6.92 Å². The lowest BCUT2D eigenvalue weighted by Crippen LogP contribution is -2.38. The molecule has 1 aliphatic heterocycles. The van der Waals surface area contributed by atoms with E-state index in [2.05, 4.69) is 21.8 Å². The number of aromatic nitrogens is 1. The molecule has 4 nitrogen and oxygen atoms in total. The summed E-state index contributed by atoms with van der Waals surface area (Å²) in [7, 11) is 0. The Labute approximate surface area is 136 Å². The molecule has 2 heterocycles. The van der Waals surface area contributed by atoms with Gasteiger partial charge in [-0.3, -0.25) is 0 Å². The Morgan fingerprint density at radius 1 is 1.26 bits per heavy atom. The van der Waals surface area contributed by atoms with Crippen molar-refractivity contribution in [1.82, 2.24) is 9.88 Å². The molecule has 19 heavy (non-hydrogen) atoms. The number of rotatable bonds is 2. The van der Waals surface area contributed by atoms with Crippen molar-refractivity contribution in [2.75, 3.05) is 13.1 Å². The quantitative estimate of drug-likeness (QED) is 0.477. The van der Waals surface area contributed by atoms with Crippen LogP contribution in [-0.2, 0) is 6.54 Å². The Balaban J connectivity index is 0.00000180. The first-order valence-electron chi connectivity index (χ1n) is 6.64. The molecule has 0 amide bonds. The highest BCUT2D eigenvalue weighted by molar-refractivity contribution is 14.0. The van der Waals surface area contributed by atoms with Crippen molar-refractivity contribution in [3.63, 3.8) is 0 Å². The summed E-state index contributed by atoms with van der Waals surface area (Å²) in [5.74, 6) is 0.682. The summed E-state index contributed by atoms with van der Waals surface area (Å²) < 4.78 is 0. The molecular weight excluding hydrogens is 371 g/mol. The molecule has 2 rings (SSSR count). The number of halogens is 1. The lowest BCUT2D eigenvalue weighted by atomic mass is 10.2. The van der Waals surface area contributed by atoms with Crippen LogP contribution in [0.2, 0.25) is 0 Å². The number of nitrogens with zero attached hydrogens (tertiary/aromatic N) is 3. The van der Waals surface area contributed by atoms with Gasteiger partial charge in [-0.2, -0.15) is 0 Å². The monoisotopic (exact) mass is 394 g/mol. The van der Waals surface area contributed by atoms with Gasteiger partial charge in [-0.15, -0.1) is 35.3 Å². The van der Waals surface area contributed by atoms with Gasteiger partial charge in [0.2, 0.25) is 0 Å². The molecule has 0 bridgehead atoms. The van der Waals surface area contributed by atoms with Gasteiger partial charge in [-0.1, -0.05) is 12.8 Å². The molecule has 6 heteroatoms. The minimum atomic E-state index is 0. The zero-order valence-corrected chi connectivity index (χ0v) is 14.8. The molecule has 0 spiro atoms. The molecule has 0 atom stereocenters. The maximum absolute atomic E-state index is 6.07. The molecule has 108 valence electrons. The Hall–Kier alpha value is -0.370. The van der Waals surface area contributed by atoms with Crippen molar-refractivity contribution in [1.29, 1.82) is 0 Å². The zero-order chi connectivity index (χ0) is 13.0. The normalized spacial score (nSPS) is 16.9. The second-order valence-corrected chi connectivity index (χ2v) is 6.22. The molecule has 0 unspecified atom stereocenters. The van der Waals surface area contributed by atoms with Crippen molar-refractivity contribution >= 4 is 41.3 Å². The van der Waals surface area contributed by atoms with Crippen LogP contribution in [0.1, 0.15) is 41.3 Å². The Kier molecular flexibility index (Phi) is 7.06. The average Bonchev–Trinajstić information content (AvgIpc) is 2.59. The third kappa shape index (κ3) is 4.91. The summed E-state index contributed by atoms with van der Waals surface area (Å²) in [4.78, 5) is 12.4. The van der Waals surface area contributed by atoms with Crippen LogP contribution in [0.25, 0.3) is 0 Å². The first-order chi connectivity index (χ1) is 8.66. The number of likely N-dealkylation sites (tertiary alicyclic amines) is 1. The van der Waals surface area contributed by atoms with Crippen molar-refractivity contribution in [2.45, 2.75) is 46.1 Å². The highest BCUT2D eigenvalue weighted by atomic mass is 127. The molecule has 1 aliphatic rings. The van der Waals surface area contributed by atoms with E-state index >= 15 is 0 Å². The molecular formula is C13H23IN4S. The van der Waals surface area contributed by atoms with Crippen LogP contribution < -0.4 is 5.73 Å². The van der Waals surface area contributed by atoms with Crippen LogP contribution >= 0.6 is 35.3 Å². The van der Waals surface area contributed by atoms with Gasteiger partial charge in [-0.05, 0) is 26.7 Å². The van der Waals surface area contributed by atoms with Gasteiger partial charge in [0.15, 0.2) is 5.96 Å². The fourth-order valence-corrected chi connectivity index (χ4v) is 3.10. The second kappa shape index (κ2) is 8.04. The third-order valence-corrected chi connectivity index (χ3v) is 4.25. The van der Waals surface area contributed by atoms with E-state index in [4.69, 9.17) is 5.73 Å². The van der Waals surface area contributed by atoms with Gasteiger partial charge >= 0.3 is 0 Å². The van der Waals surface area contributed by atoms with Crippen LogP contribution in [0, 0.1) is 13.8 Å². The predicted molar refractivity (Wildman–Crippen MR) is 92.4 cm³/mol. The smallest absolute Gasteiger partial charge is 0.191 e. The van der Waals surface area contributed by atoms with Gasteiger partial charge < -0.3 is 10.6 Å². The molecule has 1 fully saturated rings. The molecule has 2 N–H and O–H groups in total. The lowest BCUT2D eigenvalue weighted by Gasteiger charge is -2.20. The van der Waals surface area contributed by atoms with Crippen LogP contribution in [0.5, 0.6) is 0 Å². The molecule has 0 saturated carbocycles. The SMILES string of the molecule is Cc1nc(CN=C(N)N2CCCCCC2)c(C)s1.I. The van der Waals surface area contributed by atoms with Crippen molar-refractivity contribution in [3.05, 3.63) is 15.6 Å². The van der Waals surface area contributed by atoms with E-state index in [9.17, 15) is 0 Å². The summed E-state index contributed by atoms with van der Waals surface area (Å²) in [5, 5.41) is 1.10. The number of hydrogen-bond donors (Lipinski definition) is 1. The highest BCUT2D eigenvalue weighted by Crippen LogP contribution is 2.17. The largest absolute Gasteiger partial charge is 0.370 e. The third-order valence-electron chi connectivity index (χ3n) is 3.32. The van der Waals surface area contributed by atoms with Crippen LogP contribution in [0.4, 0.5) is 0 Å². The Morgan fingerprint density at radius 3 is 2.42 bits per heavy atom. The van der Waals surface area contributed by atoms with E-state index in [1.54, 1.807) is 11.3 Å². The minimum absolute atomic E-state index is 0. The molecule has 1 saturated heterocycles. The number of thiazole rings is 1. The standard InChI is InChI=1S/C13H22N4S.HI/c1-10-12(16-11(2)18-10)9-15-13(14)17-7-5-3-4-6-8-17;/h3-9H2,1-2H3,(H2,14,15);1H. The number of nitrogens with two attached hydrogens (primary N) is 1. The topological polar surface area (TPSA) is 54.5 Å². The van der Waals surface area contributed by atoms with Crippen LogP contribution in [0.15, 0.2) is 4.99 Å². The summed E-state index contributed by atoms with van der Waals surface area (Å²) in [5.41, 5.74) is 7.14. The van der Waals surface area contributed by atoms with Crippen molar-refractivity contribution in [2.24, 2.45) is 10.7 Å². The van der Waals surface area contributed by atoms with E-state index in [0.717, 1.165) is 23.8 Å². The van der Waals surface area contributed by atoms with Gasteiger partial charge in [0.05, 0.1) is 17.2 Å². The zero-order valence-electron chi connectivity index (χ0n) is 11.7. The lowest BCUT2D eigenvalue weighted by molar-refractivity contribution is 0.428. The fourth-order valence-electron chi connectivity index (χ4n) is 2.27. The van der Waals surface area contributed by atoms with E-state index < -0.39 is 0 Å². The van der Waals surface area contributed by atoms with E-state index in [0.29, 0.717) is 12.5 Å². The highest BCUT2D eigenvalue weighted by Gasteiger charge is 2.11. The first kappa shape index (κ1) is 16.7. The van der Waals surface area contributed by atoms with Gasteiger partial charge in [0.25, 0.3) is 0 Å². The maximum Gasteiger partial charge on any atom is 0.191 e. The van der Waals surface area contributed by atoms with Gasteiger partial charge in [-0.25, -0.2) is 9.98 Å². The summed E-state index contributed by atoms with van der Waals surface area (Å²) in [6.45, 7) is 6.83. The van der Waals surface area contributed by atoms with Crippen molar-refractivity contribution < 1.29 is 0 Å². The molecule has 1 aromatic heterocycles. The number of aryl methyl sites for hydroxylation is 2. The second-order valence-electron chi connectivity index (χ2n) is 4.81. The molecule has 0 aromatic carbocycles. The Morgan fingerprint density at radius 2 is 1.89 bits per heavy atom. The fraction of sp³-hybridized carbons (Fsp3) is 0.692. The van der Waals surface area contributed by atoms with Gasteiger partial charge in [0.1, 0.15) is 0 Å². The summed E-state index contributed by atoms with van der Waals surface area (Å²) in [6, 6.07) is 0. The van der Waals surface area contributed by atoms with Crippen LogP contribution in [0.3, 0.4) is 0 Å². The van der Waals surface area contributed by atoms with Crippen LogP contribution in [-0.4, -0.2) is 28.9 Å². The molecule has 0 aliphatic carbocycles. The summed E-state index contributed by atoms with van der Waals surface area (Å²) in [6.07, 6.45) is 5.08. The van der Waals surface area contributed by atoms with E-state index in [1.165, 1.54) is 30.6 Å². The molecule has 1 aromatic rings. The van der Waals surface area contributed by atoms with E-state index in [-0.39, 0.29) is 24.0 Å². The Bertz CT molecular complexity index is 422. The first-order valence-corrected chi connectivity index (χ1v) is 7.46. The maximum atomic E-state index is 6.07. The number of hydrogen-bond acceptors (Lipinski definition) is 3. The number of aliphatic imine (C=N–C) groups is 1. The van der Waals surface area contributed by atoms with Crippen molar-refractivity contribution in [3.8, 4) is 0 Å².